The van der Waals surface area contributed by atoms with E-state index in [0.29, 0.717) is 12.1 Å². The normalized spacial score (nSPS) is 31.7. The van der Waals surface area contributed by atoms with Crippen molar-refractivity contribution in [1.29, 1.82) is 0 Å². The Morgan fingerprint density at radius 2 is 2.17 bits per heavy atom. The Morgan fingerprint density at radius 1 is 1.22 bits per heavy atom. The summed E-state index contributed by atoms with van der Waals surface area (Å²) in [7, 11) is 0. The standard InChI is InChI=1S/C13H17N5/c1-2-4-10-9(3-1)7-11(15-10)13-17-16-12-8-14-5-6-18(12)13/h5-6,8-11,15H,1-4,7H2. The van der Waals surface area contributed by atoms with Crippen LogP contribution in [0.15, 0.2) is 18.6 Å². The monoisotopic (exact) mass is 243 g/mol. The average molecular weight is 243 g/mol. The first-order valence-corrected chi connectivity index (χ1v) is 6.82. The molecule has 0 radical (unpaired) electrons. The molecule has 1 aliphatic carbocycles. The lowest BCUT2D eigenvalue weighted by Gasteiger charge is -2.24. The van der Waals surface area contributed by atoms with Gasteiger partial charge in [0.05, 0.1) is 12.2 Å². The van der Waals surface area contributed by atoms with E-state index in [-0.39, 0.29) is 0 Å². The van der Waals surface area contributed by atoms with Gasteiger partial charge in [0.25, 0.3) is 0 Å². The molecule has 1 saturated heterocycles. The SMILES string of the molecule is c1cn2c(C3CC4CCCCC4N3)nnc2cn1. The van der Waals surface area contributed by atoms with Crippen LogP contribution in [0, 0.1) is 5.92 Å². The van der Waals surface area contributed by atoms with Gasteiger partial charge in [0.1, 0.15) is 0 Å². The summed E-state index contributed by atoms with van der Waals surface area (Å²) < 4.78 is 2.06. The van der Waals surface area contributed by atoms with E-state index in [1.54, 1.807) is 12.4 Å². The second-order valence-corrected chi connectivity index (χ2v) is 5.47. The van der Waals surface area contributed by atoms with Gasteiger partial charge in [0, 0.05) is 18.4 Å². The lowest BCUT2D eigenvalue weighted by molar-refractivity contribution is 0.325. The summed E-state index contributed by atoms with van der Waals surface area (Å²) in [6.45, 7) is 0. The van der Waals surface area contributed by atoms with Gasteiger partial charge in [-0.05, 0) is 25.2 Å². The molecule has 94 valence electrons. The van der Waals surface area contributed by atoms with E-state index in [1.165, 1.54) is 32.1 Å². The third kappa shape index (κ3) is 1.54. The summed E-state index contributed by atoms with van der Waals surface area (Å²) in [5.74, 6) is 1.87. The van der Waals surface area contributed by atoms with Crippen molar-refractivity contribution in [1.82, 2.24) is 24.9 Å². The third-order valence-corrected chi connectivity index (χ3v) is 4.41. The Labute approximate surface area is 106 Å². The molecule has 0 spiro atoms. The molecule has 0 bridgehead atoms. The van der Waals surface area contributed by atoms with Gasteiger partial charge in [0.15, 0.2) is 11.5 Å². The molecule has 18 heavy (non-hydrogen) atoms. The predicted molar refractivity (Wildman–Crippen MR) is 67.0 cm³/mol. The minimum Gasteiger partial charge on any atom is -0.304 e. The second kappa shape index (κ2) is 4.02. The highest BCUT2D eigenvalue weighted by molar-refractivity contribution is 5.34. The Hall–Kier alpha value is -1.49. The van der Waals surface area contributed by atoms with Crippen LogP contribution < -0.4 is 5.32 Å². The Balaban J connectivity index is 1.67. The molecule has 5 nitrogen and oxygen atoms in total. The summed E-state index contributed by atoms with van der Waals surface area (Å²) in [6, 6.07) is 1.05. The summed E-state index contributed by atoms with van der Waals surface area (Å²) in [5, 5.41) is 12.3. The van der Waals surface area contributed by atoms with Crippen molar-refractivity contribution < 1.29 is 0 Å². The van der Waals surface area contributed by atoms with Crippen molar-refractivity contribution in [2.24, 2.45) is 5.92 Å². The van der Waals surface area contributed by atoms with Crippen LogP contribution in [-0.2, 0) is 0 Å². The van der Waals surface area contributed by atoms with Gasteiger partial charge in [-0.3, -0.25) is 9.38 Å². The van der Waals surface area contributed by atoms with E-state index < -0.39 is 0 Å². The predicted octanol–water partition coefficient (Wildman–Crippen LogP) is 1.72. The molecule has 2 fully saturated rings. The largest absolute Gasteiger partial charge is 0.304 e. The molecule has 1 aliphatic heterocycles. The van der Waals surface area contributed by atoms with E-state index in [2.05, 4.69) is 24.9 Å². The van der Waals surface area contributed by atoms with Crippen LogP contribution >= 0.6 is 0 Å². The van der Waals surface area contributed by atoms with E-state index in [4.69, 9.17) is 0 Å². The maximum absolute atomic E-state index is 4.35. The van der Waals surface area contributed by atoms with Crippen molar-refractivity contribution in [3.05, 3.63) is 24.4 Å². The lowest BCUT2D eigenvalue weighted by atomic mass is 9.85. The Kier molecular flexibility index (Phi) is 2.33. The maximum Gasteiger partial charge on any atom is 0.179 e. The van der Waals surface area contributed by atoms with E-state index in [9.17, 15) is 0 Å². The number of fused-ring (bicyclic) bond motifs is 2. The topological polar surface area (TPSA) is 55.1 Å². The fourth-order valence-electron chi connectivity index (χ4n) is 3.53. The Morgan fingerprint density at radius 3 is 3.11 bits per heavy atom. The molecule has 3 unspecified atom stereocenters. The van der Waals surface area contributed by atoms with Crippen LogP contribution in [0.1, 0.15) is 44.0 Å². The molecule has 3 atom stereocenters. The highest BCUT2D eigenvalue weighted by Crippen LogP contribution is 2.38. The summed E-state index contributed by atoms with van der Waals surface area (Å²) in [6.07, 6.45) is 12.2. The fraction of sp³-hybridized carbons (Fsp3) is 0.615. The molecule has 2 aromatic rings. The first-order chi connectivity index (χ1) is 8.92. The molecule has 1 N–H and O–H groups in total. The van der Waals surface area contributed by atoms with Gasteiger partial charge in [-0.25, -0.2) is 0 Å². The fourth-order valence-corrected chi connectivity index (χ4v) is 3.53. The number of nitrogens with zero attached hydrogens (tertiary/aromatic N) is 4. The van der Waals surface area contributed by atoms with Gasteiger partial charge < -0.3 is 5.32 Å². The first-order valence-electron chi connectivity index (χ1n) is 6.82. The zero-order valence-electron chi connectivity index (χ0n) is 10.3. The van der Waals surface area contributed by atoms with Crippen LogP contribution in [0.4, 0.5) is 0 Å². The molecular formula is C13H17N5. The first kappa shape index (κ1) is 10.4. The molecule has 3 heterocycles. The minimum atomic E-state index is 0.357. The summed E-state index contributed by atoms with van der Waals surface area (Å²) in [4.78, 5) is 4.08. The van der Waals surface area contributed by atoms with Crippen molar-refractivity contribution in [2.45, 2.75) is 44.2 Å². The quantitative estimate of drug-likeness (QED) is 0.828. The van der Waals surface area contributed by atoms with Crippen molar-refractivity contribution in [3.8, 4) is 0 Å². The van der Waals surface area contributed by atoms with Gasteiger partial charge in [-0.1, -0.05) is 12.8 Å². The second-order valence-electron chi connectivity index (χ2n) is 5.47. The highest BCUT2D eigenvalue weighted by Gasteiger charge is 2.37. The average Bonchev–Trinajstić information content (AvgIpc) is 3.02. The van der Waals surface area contributed by atoms with Crippen molar-refractivity contribution in [2.75, 3.05) is 0 Å². The molecule has 2 aliphatic rings. The lowest BCUT2D eigenvalue weighted by Crippen LogP contribution is -2.30. The highest BCUT2D eigenvalue weighted by atomic mass is 15.3. The molecule has 0 amide bonds. The maximum atomic E-state index is 4.35. The van der Waals surface area contributed by atoms with E-state index in [1.807, 2.05) is 6.20 Å². The zero-order chi connectivity index (χ0) is 11.9. The molecule has 1 saturated carbocycles. The van der Waals surface area contributed by atoms with Crippen molar-refractivity contribution in [3.63, 3.8) is 0 Å². The number of rotatable bonds is 1. The third-order valence-electron chi connectivity index (χ3n) is 4.41. The number of nitrogens with one attached hydrogen (secondary N) is 1. The minimum absolute atomic E-state index is 0.357. The summed E-state index contributed by atoms with van der Waals surface area (Å²) >= 11 is 0. The van der Waals surface area contributed by atoms with Crippen LogP contribution in [0.2, 0.25) is 0 Å². The number of hydrogen-bond donors (Lipinski definition) is 1. The molecule has 2 aromatic heterocycles. The molecule has 0 aromatic carbocycles. The number of hydrogen-bond acceptors (Lipinski definition) is 4. The van der Waals surface area contributed by atoms with E-state index >= 15 is 0 Å². The van der Waals surface area contributed by atoms with Crippen LogP contribution in [0.5, 0.6) is 0 Å². The molecular weight excluding hydrogens is 226 g/mol. The zero-order valence-corrected chi connectivity index (χ0v) is 10.3. The van der Waals surface area contributed by atoms with Crippen LogP contribution in [-0.4, -0.2) is 25.6 Å². The molecule has 4 rings (SSSR count). The van der Waals surface area contributed by atoms with E-state index in [0.717, 1.165) is 17.4 Å². The summed E-state index contributed by atoms with van der Waals surface area (Å²) in [5.41, 5.74) is 0.837. The van der Waals surface area contributed by atoms with Gasteiger partial charge in [0.2, 0.25) is 0 Å². The van der Waals surface area contributed by atoms with Gasteiger partial charge in [-0.15, -0.1) is 10.2 Å². The van der Waals surface area contributed by atoms with Crippen LogP contribution in [0.25, 0.3) is 5.65 Å². The van der Waals surface area contributed by atoms with Gasteiger partial charge >= 0.3 is 0 Å². The molecule has 5 heteroatoms. The van der Waals surface area contributed by atoms with Crippen molar-refractivity contribution >= 4 is 5.65 Å². The number of aromatic nitrogens is 4. The van der Waals surface area contributed by atoms with Crippen LogP contribution in [0.3, 0.4) is 0 Å². The van der Waals surface area contributed by atoms with Gasteiger partial charge in [-0.2, -0.15) is 0 Å². The smallest absolute Gasteiger partial charge is 0.179 e. The Bertz CT molecular complexity index is 549.